The molecule has 0 amide bonds. The van der Waals surface area contributed by atoms with E-state index in [1.165, 1.54) is 4.88 Å². The van der Waals surface area contributed by atoms with Gasteiger partial charge in [-0.25, -0.2) is 0 Å². The van der Waals surface area contributed by atoms with Crippen molar-refractivity contribution < 1.29 is 0 Å². The van der Waals surface area contributed by atoms with Gasteiger partial charge in [0.25, 0.3) is 0 Å². The van der Waals surface area contributed by atoms with Crippen LogP contribution in [0.25, 0.3) is 0 Å². The fourth-order valence-corrected chi connectivity index (χ4v) is 1.94. The summed E-state index contributed by atoms with van der Waals surface area (Å²) in [4.78, 5) is 3.48. The largest absolute Gasteiger partial charge is 0.283 e. The molecule has 0 spiro atoms. The Balaban J connectivity index is 2.55. The highest BCUT2D eigenvalue weighted by Crippen LogP contribution is 2.13. The Labute approximate surface area is 83.4 Å². The van der Waals surface area contributed by atoms with Crippen LogP contribution < -0.4 is 0 Å². The molecule has 70 valence electrons. The molecule has 1 aromatic heterocycles. The Morgan fingerprint density at radius 3 is 2.92 bits per heavy atom. The van der Waals surface area contributed by atoms with Gasteiger partial charge in [0, 0.05) is 11.4 Å². The molecule has 0 bridgehead atoms. The first-order valence-electron chi connectivity index (χ1n) is 4.44. The van der Waals surface area contributed by atoms with Crippen molar-refractivity contribution in [2.75, 3.05) is 6.54 Å². The number of nitriles is 1. The maximum Gasteiger partial charge on any atom is 0.0952 e. The van der Waals surface area contributed by atoms with Gasteiger partial charge in [-0.15, -0.1) is 11.3 Å². The fourth-order valence-electron chi connectivity index (χ4n) is 1.21. The number of hydrogen-bond donors (Lipinski definition) is 0. The Hall–Kier alpha value is -0.850. The van der Waals surface area contributed by atoms with Crippen LogP contribution in [0.15, 0.2) is 17.5 Å². The molecule has 1 atom stereocenters. The molecule has 0 aliphatic rings. The monoisotopic (exact) mass is 194 g/mol. The van der Waals surface area contributed by atoms with E-state index in [1.807, 2.05) is 13.0 Å². The average molecular weight is 194 g/mol. The van der Waals surface area contributed by atoms with Crippen LogP contribution in [0.2, 0.25) is 0 Å². The summed E-state index contributed by atoms with van der Waals surface area (Å²) in [6, 6.07) is 6.42. The SMILES string of the molecule is CCN(Cc1cccs1)C(C)C#N. The second kappa shape index (κ2) is 5.00. The minimum Gasteiger partial charge on any atom is -0.283 e. The topological polar surface area (TPSA) is 27.0 Å². The molecule has 0 saturated heterocycles. The highest BCUT2D eigenvalue weighted by Gasteiger charge is 2.11. The summed E-state index contributed by atoms with van der Waals surface area (Å²) in [6.07, 6.45) is 0. The van der Waals surface area contributed by atoms with Gasteiger partial charge in [-0.1, -0.05) is 13.0 Å². The first kappa shape index (κ1) is 10.2. The Morgan fingerprint density at radius 1 is 1.69 bits per heavy atom. The predicted octanol–water partition coefficient (Wildman–Crippen LogP) is 2.48. The first-order valence-corrected chi connectivity index (χ1v) is 5.32. The Morgan fingerprint density at radius 2 is 2.46 bits per heavy atom. The van der Waals surface area contributed by atoms with Crippen molar-refractivity contribution in [3.63, 3.8) is 0 Å². The summed E-state index contributed by atoms with van der Waals surface area (Å²) < 4.78 is 0. The number of rotatable bonds is 4. The quantitative estimate of drug-likeness (QED) is 0.736. The number of nitrogens with zero attached hydrogens (tertiary/aromatic N) is 2. The second-order valence-electron chi connectivity index (χ2n) is 2.95. The Kier molecular flexibility index (Phi) is 3.94. The number of hydrogen-bond acceptors (Lipinski definition) is 3. The van der Waals surface area contributed by atoms with E-state index in [2.05, 4.69) is 29.3 Å². The van der Waals surface area contributed by atoms with E-state index < -0.39 is 0 Å². The molecule has 0 aliphatic carbocycles. The van der Waals surface area contributed by atoms with Gasteiger partial charge in [0.1, 0.15) is 0 Å². The summed E-state index contributed by atoms with van der Waals surface area (Å²) in [6.45, 7) is 5.84. The lowest BCUT2D eigenvalue weighted by molar-refractivity contribution is 0.252. The van der Waals surface area contributed by atoms with E-state index in [1.54, 1.807) is 11.3 Å². The minimum absolute atomic E-state index is 0.00657. The van der Waals surface area contributed by atoms with Gasteiger partial charge in [-0.3, -0.25) is 4.90 Å². The van der Waals surface area contributed by atoms with Crippen LogP contribution in [0.3, 0.4) is 0 Å². The van der Waals surface area contributed by atoms with Crippen molar-refractivity contribution in [1.29, 1.82) is 5.26 Å². The molecule has 13 heavy (non-hydrogen) atoms. The average Bonchev–Trinajstić information content (AvgIpc) is 2.65. The van der Waals surface area contributed by atoms with Gasteiger partial charge < -0.3 is 0 Å². The minimum atomic E-state index is 0.00657. The molecule has 0 fully saturated rings. The fraction of sp³-hybridized carbons (Fsp3) is 0.500. The Bertz CT molecular complexity index is 274. The maximum absolute atomic E-state index is 8.78. The van der Waals surface area contributed by atoms with Crippen molar-refractivity contribution in [2.45, 2.75) is 26.4 Å². The molecule has 2 nitrogen and oxygen atoms in total. The van der Waals surface area contributed by atoms with E-state index in [0.29, 0.717) is 0 Å². The van der Waals surface area contributed by atoms with E-state index >= 15 is 0 Å². The highest BCUT2D eigenvalue weighted by atomic mass is 32.1. The number of thiophene rings is 1. The van der Waals surface area contributed by atoms with Crippen molar-refractivity contribution in [1.82, 2.24) is 4.90 Å². The lowest BCUT2D eigenvalue weighted by atomic mass is 10.3. The molecule has 0 radical (unpaired) electrons. The molecule has 1 heterocycles. The summed E-state index contributed by atoms with van der Waals surface area (Å²) in [5.74, 6) is 0. The van der Waals surface area contributed by atoms with Gasteiger partial charge in [0.2, 0.25) is 0 Å². The third kappa shape index (κ3) is 2.83. The molecule has 0 aliphatic heterocycles. The molecule has 1 rings (SSSR count). The smallest absolute Gasteiger partial charge is 0.0952 e. The van der Waals surface area contributed by atoms with E-state index in [9.17, 15) is 0 Å². The molecule has 0 aromatic carbocycles. The lowest BCUT2D eigenvalue weighted by Gasteiger charge is -2.21. The zero-order valence-electron chi connectivity index (χ0n) is 8.03. The van der Waals surface area contributed by atoms with Gasteiger partial charge >= 0.3 is 0 Å². The van der Waals surface area contributed by atoms with Crippen LogP contribution in [-0.2, 0) is 6.54 Å². The maximum atomic E-state index is 8.78. The van der Waals surface area contributed by atoms with Crippen molar-refractivity contribution >= 4 is 11.3 Å². The van der Waals surface area contributed by atoms with Crippen LogP contribution >= 0.6 is 11.3 Å². The van der Waals surface area contributed by atoms with E-state index in [-0.39, 0.29) is 6.04 Å². The molecule has 1 unspecified atom stereocenters. The van der Waals surface area contributed by atoms with Crippen molar-refractivity contribution in [2.24, 2.45) is 0 Å². The molecule has 0 N–H and O–H groups in total. The van der Waals surface area contributed by atoms with Crippen molar-refractivity contribution in [3.8, 4) is 6.07 Å². The normalized spacial score (nSPS) is 12.8. The molecular weight excluding hydrogens is 180 g/mol. The van der Waals surface area contributed by atoms with Gasteiger partial charge in [-0.2, -0.15) is 5.26 Å². The van der Waals surface area contributed by atoms with E-state index in [4.69, 9.17) is 5.26 Å². The van der Waals surface area contributed by atoms with Crippen LogP contribution in [0.1, 0.15) is 18.7 Å². The lowest BCUT2D eigenvalue weighted by Crippen LogP contribution is -2.30. The summed E-state index contributed by atoms with van der Waals surface area (Å²) in [5.41, 5.74) is 0. The van der Waals surface area contributed by atoms with E-state index in [0.717, 1.165) is 13.1 Å². The van der Waals surface area contributed by atoms with Crippen molar-refractivity contribution in [3.05, 3.63) is 22.4 Å². The molecular formula is C10H14N2S. The van der Waals surface area contributed by atoms with Crippen LogP contribution in [0.4, 0.5) is 0 Å². The third-order valence-corrected chi connectivity index (χ3v) is 2.94. The zero-order valence-corrected chi connectivity index (χ0v) is 8.84. The standard InChI is InChI=1S/C10H14N2S/c1-3-12(9(2)7-11)8-10-5-4-6-13-10/h4-6,9H,3,8H2,1-2H3. The second-order valence-corrected chi connectivity index (χ2v) is 3.98. The van der Waals surface area contributed by atoms with Gasteiger partial charge in [0.15, 0.2) is 0 Å². The van der Waals surface area contributed by atoms with Gasteiger partial charge in [0.05, 0.1) is 12.1 Å². The van der Waals surface area contributed by atoms with Crippen LogP contribution in [0.5, 0.6) is 0 Å². The summed E-state index contributed by atoms with van der Waals surface area (Å²) in [7, 11) is 0. The molecule has 0 saturated carbocycles. The first-order chi connectivity index (χ1) is 6.27. The highest BCUT2D eigenvalue weighted by molar-refractivity contribution is 7.09. The zero-order chi connectivity index (χ0) is 9.68. The predicted molar refractivity (Wildman–Crippen MR) is 55.5 cm³/mol. The molecule has 1 aromatic rings. The molecule has 3 heteroatoms. The summed E-state index contributed by atoms with van der Waals surface area (Å²) >= 11 is 1.74. The van der Waals surface area contributed by atoms with Crippen LogP contribution in [-0.4, -0.2) is 17.5 Å². The third-order valence-electron chi connectivity index (χ3n) is 2.08. The van der Waals surface area contributed by atoms with Crippen LogP contribution in [0, 0.1) is 11.3 Å². The van der Waals surface area contributed by atoms with Gasteiger partial charge in [-0.05, 0) is 24.9 Å². The summed E-state index contributed by atoms with van der Waals surface area (Å²) in [5, 5.41) is 10.8.